The van der Waals surface area contributed by atoms with Gasteiger partial charge in [0.05, 0.1) is 12.2 Å². The molecule has 5 heteroatoms. The maximum Gasteiger partial charge on any atom is 0.238 e. The van der Waals surface area contributed by atoms with Gasteiger partial charge in [-0.3, -0.25) is 14.6 Å². The number of thioether (sulfide) groups is 1. The zero-order valence-corrected chi connectivity index (χ0v) is 16.6. The first-order valence-corrected chi connectivity index (χ1v) is 10.6. The molecule has 0 bridgehead atoms. The van der Waals surface area contributed by atoms with E-state index in [1.807, 2.05) is 36.6 Å². The quantitative estimate of drug-likeness (QED) is 0.742. The molecule has 1 aliphatic rings. The third kappa shape index (κ3) is 6.24. The van der Waals surface area contributed by atoms with Gasteiger partial charge in [-0.2, -0.15) is 0 Å². The van der Waals surface area contributed by atoms with Crippen LogP contribution in [0.15, 0.2) is 65.6 Å². The van der Waals surface area contributed by atoms with Gasteiger partial charge in [0.1, 0.15) is 0 Å². The molecule has 1 N–H and O–H groups in total. The van der Waals surface area contributed by atoms with Crippen LogP contribution in [0, 0.1) is 0 Å². The number of piperazine rings is 1. The molecule has 1 aliphatic heterocycles. The van der Waals surface area contributed by atoms with E-state index < -0.39 is 0 Å². The van der Waals surface area contributed by atoms with Gasteiger partial charge in [-0.1, -0.05) is 54.6 Å². The Labute approximate surface area is 166 Å². The maximum absolute atomic E-state index is 12.4. The molecule has 1 amide bonds. The Bertz CT molecular complexity index is 755. The number of anilines is 1. The van der Waals surface area contributed by atoms with E-state index in [1.54, 1.807) is 11.8 Å². The lowest BCUT2D eigenvalue weighted by Gasteiger charge is -2.33. The molecule has 27 heavy (non-hydrogen) atoms. The summed E-state index contributed by atoms with van der Waals surface area (Å²) in [6.45, 7) is 5.25. The second kappa shape index (κ2) is 10.3. The Balaban J connectivity index is 1.40. The van der Waals surface area contributed by atoms with Gasteiger partial charge in [0, 0.05) is 37.6 Å². The van der Waals surface area contributed by atoms with Crippen LogP contribution in [0.5, 0.6) is 0 Å². The third-order valence-corrected chi connectivity index (χ3v) is 5.48. The molecule has 0 aromatic heterocycles. The molecule has 3 rings (SSSR count). The zero-order chi connectivity index (χ0) is 18.9. The van der Waals surface area contributed by atoms with Crippen LogP contribution in [0.25, 0.3) is 6.08 Å². The van der Waals surface area contributed by atoms with Crippen LogP contribution >= 0.6 is 11.8 Å². The number of hydrogen-bond acceptors (Lipinski definition) is 4. The first-order chi connectivity index (χ1) is 13.2. The minimum Gasteiger partial charge on any atom is -0.324 e. The summed E-state index contributed by atoms with van der Waals surface area (Å²) in [5.74, 6) is 0.0638. The summed E-state index contributed by atoms with van der Waals surface area (Å²) < 4.78 is 0. The third-order valence-electron chi connectivity index (χ3n) is 4.69. The fourth-order valence-corrected chi connectivity index (χ4v) is 3.73. The summed E-state index contributed by atoms with van der Waals surface area (Å²) in [4.78, 5) is 18.1. The summed E-state index contributed by atoms with van der Waals surface area (Å²) >= 11 is 1.65. The number of nitrogens with one attached hydrogen (secondary N) is 1. The van der Waals surface area contributed by atoms with Crippen molar-refractivity contribution in [3.8, 4) is 0 Å². The molecule has 142 valence electrons. The minimum absolute atomic E-state index is 0.0638. The van der Waals surface area contributed by atoms with Crippen molar-refractivity contribution in [2.45, 2.75) is 4.90 Å². The van der Waals surface area contributed by atoms with Crippen LogP contribution in [-0.4, -0.2) is 61.2 Å². The Morgan fingerprint density at radius 1 is 1.00 bits per heavy atom. The lowest BCUT2D eigenvalue weighted by Crippen LogP contribution is -2.48. The van der Waals surface area contributed by atoms with Crippen LogP contribution in [0.3, 0.4) is 0 Å². The van der Waals surface area contributed by atoms with Crippen molar-refractivity contribution in [3.05, 3.63) is 66.2 Å². The molecule has 1 fully saturated rings. The van der Waals surface area contributed by atoms with Crippen molar-refractivity contribution < 1.29 is 4.79 Å². The van der Waals surface area contributed by atoms with Crippen molar-refractivity contribution in [2.24, 2.45) is 0 Å². The number of amides is 1. The molecule has 1 heterocycles. The molecule has 0 aliphatic carbocycles. The molecular weight excluding hydrogens is 354 g/mol. The lowest BCUT2D eigenvalue weighted by molar-refractivity contribution is -0.117. The normalized spacial score (nSPS) is 15.9. The zero-order valence-electron chi connectivity index (χ0n) is 15.8. The SMILES string of the molecule is CSc1ccccc1NC(=O)CN1CCN(C/C=C/c2ccccc2)CC1. The molecular formula is C22H27N3OS. The number of carbonyl (C=O) groups excluding carboxylic acids is 1. The van der Waals surface area contributed by atoms with Crippen molar-refractivity contribution >= 4 is 29.4 Å². The molecule has 2 aromatic carbocycles. The average Bonchev–Trinajstić information content (AvgIpc) is 2.70. The van der Waals surface area contributed by atoms with Gasteiger partial charge in [-0.05, 0) is 24.0 Å². The van der Waals surface area contributed by atoms with Crippen LogP contribution < -0.4 is 5.32 Å². The molecule has 4 nitrogen and oxygen atoms in total. The minimum atomic E-state index is 0.0638. The smallest absolute Gasteiger partial charge is 0.238 e. The molecule has 1 saturated heterocycles. The predicted octanol–water partition coefficient (Wildman–Crippen LogP) is 3.68. The van der Waals surface area contributed by atoms with E-state index in [-0.39, 0.29) is 5.91 Å². The Hall–Kier alpha value is -2.08. The van der Waals surface area contributed by atoms with E-state index in [0.717, 1.165) is 43.3 Å². The van der Waals surface area contributed by atoms with E-state index in [9.17, 15) is 4.79 Å². The highest BCUT2D eigenvalue weighted by molar-refractivity contribution is 7.98. The number of nitrogens with zero attached hydrogens (tertiary/aromatic N) is 2. The number of hydrogen-bond donors (Lipinski definition) is 1. The van der Waals surface area contributed by atoms with Gasteiger partial charge in [-0.15, -0.1) is 11.8 Å². The van der Waals surface area contributed by atoms with Crippen LogP contribution in [-0.2, 0) is 4.79 Å². The number of rotatable bonds is 7. The van der Waals surface area contributed by atoms with Crippen LogP contribution in [0.4, 0.5) is 5.69 Å². The highest BCUT2D eigenvalue weighted by Gasteiger charge is 2.18. The first-order valence-electron chi connectivity index (χ1n) is 9.34. The Kier molecular flexibility index (Phi) is 7.51. The fraction of sp³-hybridized carbons (Fsp3) is 0.318. The predicted molar refractivity (Wildman–Crippen MR) is 115 cm³/mol. The highest BCUT2D eigenvalue weighted by atomic mass is 32.2. The number of para-hydroxylation sites is 1. The molecule has 0 saturated carbocycles. The topological polar surface area (TPSA) is 35.6 Å². The second-order valence-corrected chi connectivity index (χ2v) is 7.49. The molecule has 0 atom stereocenters. The summed E-state index contributed by atoms with van der Waals surface area (Å²) in [5, 5.41) is 3.05. The first kappa shape index (κ1) is 19.7. The Morgan fingerprint density at radius 3 is 2.41 bits per heavy atom. The van der Waals surface area contributed by atoms with Gasteiger partial charge in [0.15, 0.2) is 0 Å². The average molecular weight is 382 g/mol. The molecule has 0 radical (unpaired) electrons. The van der Waals surface area contributed by atoms with Gasteiger partial charge >= 0.3 is 0 Å². The standard InChI is InChI=1S/C22H27N3OS/c1-27-21-12-6-5-11-20(21)23-22(26)18-25-16-14-24(15-17-25)13-7-10-19-8-3-2-4-9-19/h2-12H,13-18H2,1H3,(H,23,26)/b10-7+. The summed E-state index contributed by atoms with van der Waals surface area (Å²) in [6, 6.07) is 18.3. The van der Waals surface area contributed by atoms with E-state index in [4.69, 9.17) is 0 Å². The second-order valence-electron chi connectivity index (χ2n) is 6.64. The van der Waals surface area contributed by atoms with Crippen LogP contribution in [0.1, 0.15) is 5.56 Å². The van der Waals surface area contributed by atoms with E-state index in [1.165, 1.54) is 5.56 Å². The van der Waals surface area contributed by atoms with Crippen LogP contribution in [0.2, 0.25) is 0 Å². The number of benzene rings is 2. The monoisotopic (exact) mass is 381 g/mol. The maximum atomic E-state index is 12.4. The molecule has 0 spiro atoms. The van der Waals surface area contributed by atoms with Crippen molar-refractivity contribution in [1.82, 2.24) is 9.80 Å². The summed E-state index contributed by atoms with van der Waals surface area (Å²) in [5.41, 5.74) is 2.14. The van der Waals surface area contributed by atoms with E-state index in [2.05, 4.69) is 51.5 Å². The van der Waals surface area contributed by atoms with Gasteiger partial charge < -0.3 is 5.32 Å². The number of carbonyl (C=O) groups is 1. The lowest BCUT2D eigenvalue weighted by atomic mass is 10.2. The van der Waals surface area contributed by atoms with Crippen molar-refractivity contribution in [2.75, 3.05) is 50.8 Å². The summed E-state index contributed by atoms with van der Waals surface area (Å²) in [7, 11) is 0. The van der Waals surface area contributed by atoms with Gasteiger partial charge in [0.25, 0.3) is 0 Å². The highest BCUT2D eigenvalue weighted by Crippen LogP contribution is 2.24. The summed E-state index contributed by atoms with van der Waals surface area (Å²) in [6.07, 6.45) is 6.41. The fourth-order valence-electron chi connectivity index (χ4n) is 3.17. The van der Waals surface area contributed by atoms with Crippen molar-refractivity contribution in [1.29, 1.82) is 0 Å². The van der Waals surface area contributed by atoms with Gasteiger partial charge in [-0.25, -0.2) is 0 Å². The largest absolute Gasteiger partial charge is 0.324 e. The van der Waals surface area contributed by atoms with E-state index in [0.29, 0.717) is 6.54 Å². The van der Waals surface area contributed by atoms with E-state index >= 15 is 0 Å². The van der Waals surface area contributed by atoms with Gasteiger partial charge in [0.2, 0.25) is 5.91 Å². The Morgan fingerprint density at radius 2 is 1.67 bits per heavy atom. The molecule has 2 aromatic rings. The molecule has 0 unspecified atom stereocenters. The van der Waals surface area contributed by atoms with Crippen molar-refractivity contribution in [3.63, 3.8) is 0 Å².